The fourth-order valence-electron chi connectivity index (χ4n) is 5.39. The van der Waals surface area contributed by atoms with Crippen LogP contribution in [0.2, 0.25) is 0 Å². The lowest BCUT2D eigenvalue weighted by Gasteiger charge is -2.31. The average Bonchev–Trinajstić information content (AvgIpc) is 3.26. The normalized spacial score (nSPS) is 16.0. The topological polar surface area (TPSA) is 108 Å². The number of carboxylic acid groups (broad SMARTS) is 1. The number of nitrogen functional groups attached to an aromatic ring is 1. The van der Waals surface area contributed by atoms with Crippen LogP contribution in [0.25, 0.3) is 11.1 Å². The number of fused-ring (bicyclic) bond motifs is 1. The monoisotopic (exact) mass is 491 g/mol. The molecule has 4 aromatic carbocycles. The number of carboxylic acids is 1. The van der Waals surface area contributed by atoms with Crippen molar-refractivity contribution < 1.29 is 14.6 Å². The smallest absolute Gasteiger partial charge is 0.336 e. The van der Waals surface area contributed by atoms with Crippen LogP contribution in [-0.2, 0) is 18.3 Å². The van der Waals surface area contributed by atoms with E-state index >= 15 is 0 Å². The largest absolute Gasteiger partial charge is 0.497 e. The molecule has 1 aliphatic rings. The molecule has 0 aliphatic carbocycles. The second kappa shape index (κ2) is 9.82. The van der Waals surface area contributed by atoms with Crippen molar-refractivity contribution in [3.8, 4) is 16.9 Å². The number of amidine groups is 1. The van der Waals surface area contributed by atoms with Crippen LogP contribution in [0.3, 0.4) is 0 Å². The minimum atomic E-state index is -0.998. The molecule has 1 unspecified atom stereocenters. The van der Waals surface area contributed by atoms with E-state index in [-0.39, 0.29) is 16.8 Å². The number of nitrogens with two attached hydrogens (primary N) is 1. The number of ether oxygens (including phenoxy) is 1. The van der Waals surface area contributed by atoms with Crippen molar-refractivity contribution in [2.75, 3.05) is 19.0 Å². The molecule has 0 spiro atoms. The summed E-state index contributed by atoms with van der Waals surface area (Å²) in [5.74, 6) is -0.459. The lowest BCUT2D eigenvalue weighted by atomic mass is 9.71. The van der Waals surface area contributed by atoms with Crippen molar-refractivity contribution in [2.45, 2.75) is 18.3 Å². The van der Waals surface area contributed by atoms with Crippen LogP contribution in [0, 0.1) is 5.41 Å². The third-order valence-electron chi connectivity index (χ3n) is 7.20. The van der Waals surface area contributed by atoms with Gasteiger partial charge in [-0.3, -0.25) is 5.41 Å². The first-order chi connectivity index (χ1) is 17.9. The lowest BCUT2D eigenvalue weighted by Crippen LogP contribution is -2.34. The van der Waals surface area contributed by atoms with Gasteiger partial charge >= 0.3 is 5.97 Å². The fourth-order valence-corrected chi connectivity index (χ4v) is 5.39. The van der Waals surface area contributed by atoms with E-state index in [0.717, 1.165) is 28.8 Å². The Morgan fingerprint density at radius 1 is 0.973 bits per heavy atom. The summed E-state index contributed by atoms with van der Waals surface area (Å²) in [5, 5.41) is 21.6. The summed E-state index contributed by atoms with van der Waals surface area (Å²) in [7, 11) is 1.53. The molecule has 186 valence electrons. The van der Waals surface area contributed by atoms with Gasteiger partial charge in [0.2, 0.25) is 0 Å². The number of hydrogen-bond donors (Lipinski definition) is 4. The predicted molar refractivity (Wildman–Crippen MR) is 147 cm³/mol. The lowest BCUT2D eigenvalue weighted by molar-refractivity contribution is 0.0697. The molecule has 6 heteroatoms. The maximum atomic E-state index is 12.2. The van der Waals surface area contributed by atoms with Gasteiger partial charge in [-0.05, 0) is 77.1 Å². The highest BCUT2D eigenvalue weighted by Crippen LogP contribution is 2.44. The highest BCUT2D eigenvalue weighted by atomic mass is 16.5. The molecule has 0 radical (unpaired) electrons. The van der Waals surface area contributed by atoms with Crippen molar-refractivity contribution in [3.63, 3.8) is 0 Å². The molecule has 0 saturated heterocycles. The molecule has 0 aromatic heterocycles. The summed E-state index contributed by atoms with van der Waals surface area (Å²) in [6, 6.07) is 29.4. The van der Waals surface area contributed by atoms with Crippen LogP contribution in [0.5, 0.6) is 5.75 Å². The van der Waals surface area contributed by atoms with Crippen LogP contribution in [0.4, 0.5) is 5.69 Å². The van der Waals surface area contributed by atoms with E-state index in [1.165, 1.54) is 12.7 Å². The van der Waals surface area contributed by atoms with E-state index < -0.39 is 5.97 Å². The van der Waals surface area contributed by atoms with Crippen molar-refractivity contribution in [1.29, 1.82) is 5.41 Å². The first-order valence-electron chi connectivity index (χ1n) is 12.2. The van der Waals surface area contributed by atoms with Crippen LogP contribution in [0.1, 0.15) is 32.6 Å². The molecular formula is C31H29N3O3. The predicted octanol–water partition coefficient (Wildman–Crippen LogP) is 5.49. The summed E-state index contributed by atoms with van der Waals surface area (Å²) in [4.78, 5) is 12.2. The zero-order valence-corrected chi connectivity index (χ0v) is 20.6. The number of anilines is 1. The van der Waals surface area contributed by atoms with E-state index in [1.807, 2.05) is 60.7 Å². The second-order valence-electron chi connectivity index (χ2n) is 9.52. The van der Waals surface area contributed by atoms with E-state index in [0.29, 0.717) is 29.8 Å². The zero-order valence-electron chi connectivity index (χ0n) is 20.6. The zero-order chi connectivity index (χ0) is 26.0. The minimum absolute atomic E-state index is 0.0352. The van der Waals surface area contributed by atoms with Gasteiger partial charge in [0.1, 0.15) is 11.6 Å². The molecule has 1 heterocycles. The maximum Gasteiger partial charge on any atom is 0.336 e. The molecule has 37 heavy (non-hydrogen) atoms. The number of nitrogens with one attached hydrogen (secondary N) is 2. The van der Waals surface area contributed by atoms with Gasteiger partial charge in [-0.1, -0.05) is 54.6 Å². The molecule has 0 amide bonds. The first kappa shape index (κ1) is 24.1. The summed E-state index contributed by atoms with van der Waals surface area (Å²) in [6.45, 7) is 0.710. The SMILES string of the molecule is COc1ccc(-c2ccccc2CC2(Cc3ccccc3)CNc3ccc(C(=N)N)cc32)c(C(=O)O)c1. The number of hydrogen-bond acceptors (Lipinski definition) is 4. The summed E-state index contributed by atoms with van der Waals surface area (Å²) in [5.41, 5.74) is 12.4. The van der Waals surface area contributed by atoms with Crippen LogP contribution < -0.4 is 15.8 Å². The highest BCUT2D eigenvalue weighted by molar-refractivity contribution is 5.97. The van der Waals surface area contributed by atoms with Gasteiger partial charge in [-0.25, -0.2) is 4.79 Å². The van der Waals surface area contributed by atoms with Crippen LogP contribution in [0.15, 0.2) is 91.0 Å². The van der Waals surface area contributed by atoms with Crippen molar-refractivity contribution in [3.05, 3.63) is 119 Å². The number of methoxy groups -OCH3 is 1. The van der Waals surface area contributed by atoms with E-state index in [2.05, 4.69) is 23.5 Å². The first-order valence-corrected chi connectivity index (χ1v) is 12.2. The Morgan fingerprint density at radius 2 is 1.73 bits per heavy atom. The molecule has 0 saturated carbocycles. The van der Waals surface area contributed by atoms with Gasteiger partial charge in [0.25, 0.3) is 0 Å². The minimum Gasteiger partial charge on any atom is -0.497 e. The van der Waals surface area contributed by atoms with Gasteiger partial charge in [0.15, 0.2) is 0 Å². The highest BCUT2D eigenvalue weighted by Gasteiger charge is 2.40. The molecule has 4 aromatic rings. The Balaban J connectivity index is 1.65. The van der Waals surface area contributed by atoms with Gasteiger partial charge in [0, 0.05) is 23.2 Å². The fraction of sp³-hybridized carbons (Fsp3) is 0.161. The second-order valence-corrected chi connectivity index (χ2v) is 9.52. The van der Waals surface area contributed by atoms with E-state index in [1.54, 1.807) is 12.1 Å². The van der Waals surface area contributed by atoms with Crippen molar-refractivity contribution >= 4 is 17.5 Å². The molecule has 5 N–H and O–H groups in total. The Bertz CT molecular complexity index is 1480. The Hall–Kier alpha value is -4.58. The Labute approximate surface area is 216 Å². The summed E-state index contributed by atoms with van der Waals surface area (Å²) in [6.07, 6.45) is 1.45. The number of aromatic carboxylic acids is 1. The van der Waals surface area contributed by atoms with Crippen molar-refractivity contribution in [1.82, 2.24) is 0 Å². The van der Waals surface area contributed by atoms with Gasteiger partial charge in [0.05, 0.1) is 12.7 Å². The third-order valence-corrected chi connectivity index (χ3v) is 7.20. The Morgan fingerprint density at radius 3 is 2.46 bits per heavy atom. The molecule has 5 rings (SSSR count). The quantitative estimate of drug-likeness (QED) is 0.192. The molecule has 0 fully saturated rings. The molecule has 1 atom stereocenters. The summed E-state index contributed by atoms with van der Waals surface area (Å²) < 4.78 is 5.29. The standard InChI is InChI=1S/C31H29N3O3/c1-37-23-12-13-25(26(16-23)30(35)36)24-10-6-5-9-22(24)18-31(17-20-7-3-2-4-8-20)19-34-28-14-11-21(29(32)33)15-27(28)31/h2-16,34H,17-19H2,1H3,(H3,32,33)(H,35,36). The van der Waals surface area contributed by atoms with Gasteiger partial charge < -0.3 is 20.9 Å². The van der Waals surface area contributed by atoms with Crippen LogP contribution in [-0.4, -0.2) is 30.6 Å². The third kappa shape index (κ3) is 4.66. The van der Waals surface area contributed by atoms with Crippen molar-refractivity contribution in [2.24, 2.45) is 5.73 Å². The number of rotatable bonds is 8. The summed E-state index contributed by atoms with van der Waals surface area (Å²) >= 11 is 0. The Kier molecular flexibility index (Phi) is 6.40. The maximum absolute atomic E-state index is 12.2. The number of benzene rings is 4. The van der Waals surface area contributed by atoms with E-state index in [4.69, 9.17) is 15.9 Å². The van der Waals surface area contributed by atoms with E-state index in [9.17, 15) is 9.90 Å². The van der Waals surface area contributed by atoms with Gasteiger partial charge in [-0.2, -0.15) is 0 Å². The average molecular weight is 492 g/mol. The molecule has 6 nitrogen and oxygen atoms in total. The molecular weight excluding hydrogens is 462 g/mol. The van der Waals surface area contributed by atoms with Gasteiger partial charge in [-0.15, -0.1) is 0 Å². The van der Waals surface area contributed by atoms with Crippen LogP contribution >= 0.6 is 0 Å². The molecule has 1 aliphatic heterocycles. The number of carbonyl (C=O) groups is 1. The molecule has 0 bridgehead atoms.